The van der Waals surface area contributed by atoms with Crippen molar-refractivity contribution in [1.82, 2.24) is 14.5 Å². The highest BCUT2D eigenvalue weighted by atomic mass is 32.2. The van der Waals surface area contributed by atoms with Crippen molar-refractivity contribution in [3.63, 3.8) is 0 Å². The van der Waals surface area contributed by atoms with Crippen LogP contribution in [0.1, 0.15) is 0 Å². The molecule has 0 aromatic carbocycles. The highest BCUT2D eigenvalue weighted by molar-refractivity contribution is 7.89. The number of aliphatic hydroxyl groups excluding tert-OH is 1. The van der Waals surface area contributed by atoms with Crippen molar-refractivity contribution in [1.29, 1.82) is 0 Å². The summed E-state index contributed by atoms with van der Waals surface area (Å²) in [5.74, 6) is 0.0865. The molecule has 0 radical (unpaired) electrons. The van der Waals surface area contributed by atoms with E-state index in [0.29, 0.717) is 6.54 Å². The summed E-state index contributed by atoms with van der Waals surface area (Å²) in [4.78, 5) is 2.13. The van der Waals surface area contributed by atoms with Crippen LogP contribution in [0.15, 0.2) is 0 Å². The van der Waals surface area contributed by atoms with Crippen LogP contribution in [0.4, 0.5) is 0 Å². The SMILES string of the molecule is COCC(O)CN(C)S(=O)(=O)CCN1CCNCC1. The summed E-state index contributed by atoms with van der Waals surface area (Å²) in [7, 11) is -0.351. The molecule has 0 aliphatic carbocycles. The number of hydrogen-bond donors (Lipinski definition) is 2. The van der Waals surface area contributed by atoms with Crippen molar-refractivity contribution < 1.29 is 18.3 Å². The predicted molar refractivity (Wildman–Crippen MR) is 73.6 cm³/mol. The number of likely N-dealkylation sites (N-methyl/N-ethyl adjacent to an activating group) is 1. The van der Waals surface area contributed by atoms with Gasteiger partial charge in [0.25, 0.3) is 0 Å². The predicted octanol–water partition coefficient (Wildman–Crippen LogP) is -1.84. The maximum Gasteiger partial charge on any atom is 0.215 e. The summed E-state index contributed by atoms with van der Waals surface area (Å²) >= 11 is 0. The smallest absolute Gasteiger partial charge is 0.215 e. The summed E-state index contributed by atoms with van der Waals surface area (Å²) in [6.45, 7) is 4.31. The number of methoxy groups -OCH3 is 1. The van der Waals surface area contributed by atoms with Gasteiger partial charge in [0.1, 0.15) is 0 Å². The van der Waals surface area contributed by atoms with E-state index in [1.54, 1.807) is 0 Å². The number of rotatable bonds is 8. The van der Waals surface area contributed by atoms with Crippen LogP contribution >= 0.6 is 0 Å². The van der Waals surface area contributed by atoms with Gasteiger partial charge in [0, 0.05) is 53.4 Å². The number of hydrogen-bond acceptors (Lipinski definition) is 6. The van der Waals surface area contributed by atoms with Crippen LogP contribution in [0.5, 0.6) is 0 Å². The van der Waals surface area contributed by atoms with Gasteiger partial charge in [-0.25, -0.2) is 12.7 Å². The van der Waals surface area contributed by atoms with E-state index >= 15 is 0 Å². The molecule has 0 bridgehead atoms. The maximum atomic E-state index is 12.0. The second-order valence-corrected chi connectivity index (χ2v) is 6.99. The van der Waals surface area contributed by atoms with E-state index in [1.165, 1.54) is 18.5 Å². The van der Waals surface area contributed by atoms with Crippen LogP contribution in [0.2, 0.25) is 0 Å². The van der Waals surface area contributed by atoms with E-state index in [1.807, 2.05) is 0 Å². The van der Waals surface area contributed by atoms with Crippen molar-refractivity contribution in [2.75, 3.05) is 65.8 Å². The number of nitrogens with one attached hydrogen (secondary N) is 1. The third kappa shape index (κ3) is 6.15. The quantitative estimate of drug-likeness (QED) is 0.548. The molecule has 1 heterocycles. The molecule has 7 nitrogen and oxygen atoms in total. The Morgan fingerprint density at radius 1 is 1.42 bits per heavy atom. The van der Waals surface area contributed by atoms with Gasteiger partial charge in [-0.05, 0) is 0 Å². The van der Waals surface area contributed by atoms with Crippen molar-refractivity contribution in [2.45, 2.75) is 6.10 Å². The molecule has 1 fully saturated rings. The molecule has 2 N–H and O–H groups in total. The molecule has 19 heavy (non-hydrogen) atoms. The van der Waals surface area contributed by atoms with Crippen LogP contribution < -0.4 is 5.32 Å². The number of nitrogens with zero attached hydrogens (tertiary/aromatic N) is 2. The Hall–Kier alpha value is -0.250. The molecule has 8 heteroatoms. The molecule has 0 spiro atoms. The van der Waals surface area contributed by atoms with E-state index in [0.717, 1.165) is 26.2 Å². The molecule has 1 unspecified atom stereocenters. The van der Waals surface area contributed by atoms with Crippen LogP contribution in [-0.4, -0.2) is 94.6 Å². The second-order valence-electron chi connectivity index (χ2n) is 4.80. The van der Waals surface area contributed by atoms with Crippen LogP contribution in [-0.2, 0) is 14.8 Å². The van der Waals surface area contributed by atoms with Gasteiger partial charge in [0.15, 0.2) is 0 Å². The van der Waals surface area contributed by atoms with Gasteiger partial charge in [-0.3, -0.25) is 4.90 Å². The molecule has 1 atom stereocenters. The molecule has 1 rings (SSSR count). The van der Waals surface area contributed by atoms with Crippen molar-refractivity contribution in [2.24, 2.45) is 0 Å². The third-order valence-corrected chi connectivity index (χ3v) is 4.97. The van der Waals surface area contributed by atoms with Gasteiger partial charge in [-0.2, -0.15) is 0 Å². The summed E-state index contributed by atoms with van der Waals surface area (Å²) in [6.07, 6.45) is -0.788. The Kier molecular flexibility index (Phi) is 7.19. The zero-order valence-corrected chi connectivity index (χ0v) is 12.5. The van der Waals surface area contributed by atoms with Gasteiger partial charge in [0.05, 0.1) is 18.5 Å². The highest BCUT2D eigenvalue weighted by Gasteiger charge is 2.22. The standard InChI is InChI=1S/C11H25N3O4S/c1-13(9-11(15)10-18-2)19(16,17)8-7-14-5-3-12-4-6-14/h11-12,15H,3-10H2,1-2H3. The fraction of sp³-hybridized carbons (Fsp3) is 1.00. The number of sulfonamides is 1. The Balaban J connectivity index is 2.36. The molecule has 1 aliphatic rings. The van der Waals surface area contributed by atoms with E-state index in [9.17, 15) is 13.5 Å². The van der Waals surface area contributed by atoms with E-state index in [-0.39, 0.29) is 18.9 Å². The van der Waals surface area contributed by atoms with E-state index in [2.05, 4.69) is 10.2 Å². The highest BCUT2D eigenvalue weighted by Crippen LogP contribution is 2.02. The van der Waals surface area contributed by atoms with E-state index < -0.39 is 16.1 Å². The Morgan fingerprint density at radius 2 is 2.05 bits per heavy atom. The first-order valence-electron chi connectivity index (χ1n) is 6.50. The van der Waals surface area contributed by atoms with Gasteiger partial charge in [-0.1, -0.05) is 0 Å². The van der Waals surface area contributed by atoms with Gasteiger partial charge >= 0.3 is 0 Å². The first-order chi connectivity index (χ1) is 8.95. The van der Waals surface area contributed by atoms with Crippen molar-refractivity contribution >= 4 is 10.0 Å². The zero-order chi connectivity index (χ0) is 14.3. The summed E-state index contributed by atoms with van der Waals surface area (Å²) in [5, 5.41) is 12.8. The van der Waals surface area contributed by atoms with E-state index in [4.69, 9.17) is 4.74 Å². The lowest BCUT2D eigenvalue weighted by Gasteiger charge is -2.28. The molecule has 0 aromatic rings. The van der Waals surface area contributed by atoms with Gasteiger partial charge < -0.3 is 15.2 Å². The van der Waals surface area contributed by atoms with Crippen LogP contribution in [0.25, 0.3) is 0 Å². The fourth-order valence-electron chi connectivity index (χ4n) is 1.99. The average molecular weight is 295 g/mol. The number of ether oxygens (including phenoxy) is 1. The third-order valence-electron chi connectivity index (χ3n) is 3.18. The minimum Gasteiger partial charge on any atom is -0.389 e. The molecular weight excluding hydrogens is 270 g/mol. The lowest BCUT2D eigenvalue weighted by molar-refractivity contribution is 0.0554. The Labute approximate surface area is 115 Å². The molecule has 0 aromatic heterocycles. The first-order valence-corrected chi connectivity index (χ1v) is 8.10. The second kappa shape index (κ2) is 8.13. The Morgan fingerprint density at radius 3 is 2.63 bits per heavy atom. The number of piperazine rings is 1. The zero-order valence-electron chi connectivity index (χ0n) is 11.7. The average Bonchev–Trinajstić information content (AvgIpc) is 2.38. The first kappa shape index (κ1) is 16.8. The van der Waals surface area contributed by atoms with Crippen LogP contribution in [0.3, 0.4) is 0 Å². The Bertz CT molecular complexity index is 344. The lowest BCUT2D eigenvalue weighted by Crippen LogP contribution is -2.46. The van der Waals surface area contributed by atoms with Gasteiger partial charge in [-0.15, -0.1) is 0 Å². The van der Waals surface area contributed by atoms with Crippen molar-refractivity contribution in [3.8, 4) is 0 Å². The minimum absolute atomic E-state index is 0.0672. The molecule has 114 valence electrons. The van der Waals surface area contributed by atoms with Gasteiger partial charge in [0.2, 0.25) is 10.0 Å². The summed E-state index contributed by atoms with van der Waals surface area (Å²) in [5.41, 5.74) is 0. The minimum atomic E-state index is -3.32. The molecule has 1 aliphatic heterocycles. The molecular formula is C11H25N3O4S. The fourth-order valence-corrected chi connectivity index (χ4v) is 3.19. The maximum absolute atomic E-state index is 12.0. The summed E-state index contributed by atoms with van der Waals surface area (Å²) in [6, 6.07) is 0. The molecule has 1 saturated heterocycles. The van der Waals surface area contributed by atoms with Crippen molar-refractivity contribution in [3.05, 3.63) is 0 Å². The molecule has 0 amide bonds. The normalized spacial score (nSPS) is 19.8. The topological polar surface area (TPSA) is 82.1 Å². The number of aliphatic hydroxyl groups is 1. The molecule has 0 saturated carbocycles. The lowest BCUT2D eigenvalue weighted by atomic mass is 10.4. The monoisotopic (exact) mass is 295 g/mol. The van der Waals surface area contributed by atoms with Crippen LogP contribution in [0, 0.1) is 0 Å². The summed E-state index contributed by atoms with van der Waals surface area (Å²) < 4.78 is 30.1. The largest absolute Gasteiger partial charge is 0.389 e.